The van der Waals surface area contributed by atoms with E-state index in [2.05, 4.69) is 20.9 Å². The zero-order valence-electron chi connectivity index (χ0n) is 18.1. The van der Waals surface area contributed by atoms with Crippen LogP contribution in [0.25, 0.3) is 10.8 Å². The van der Waals surface area contributed by atoms with Gasteiger partial charge in [-0.2, -0.15) is 8.42 Å². The van der Waals surface area contributed by atoms with Crippen molar-refractivity contribution in [1.82, 2.24) is 0 Å². The molecule has 4 aromatic rings. The molecule has 0 fully saturated rings. The first kappa shape index (κ1) is 25.8. The molecule has 0 atom stereocenters. The fraction of sp³-hybridized carbons (Fsp3) is 0.0435. The molecule has 0 bridgehead atoms. The van der Waals surface area contributed by atoms with Gasteiger partial charge in [-0.25, -0.2) is 0 Å². The Hall–Kier alpha value is -3.83. The monoisotopic (exact) mass is 543 g/mol. The smallest absolute Gasteiger partial charge is 0.294 e. The number of nitrogens with zero attached hydrogens (tertiary/aromatic N) is 2. The van der Waals surface area contributed by atoms with Crippen LogP contribution in [0.4, 0.5) is 28.4 Å². The fourth-order valence-electron chi connectivity index (χ4n) is 3.37. The van der Waals surface area contributed by atoms with E-state index in [1.54, 1.807) is 49.5 Å². The van der Waals surface area contributed by atoms with E-state index < -0.39 is 15.0 Å². The Morgan fingerprint density at radius 3 is 2.23 bits per heavy atom. The van der Waals surface area contributed by atoms with Crippen LogP contribution in [0.15, 0.2) is 81.9 Å². The molecule has 0 saturated carbocycles. The summed E-state index contributed by atoms with van der Waals surface area (Å²) in [5.41, 5.74) is 1.20. The van der Waals surface area contributed by atoms with Gasteiger partial charge in [0.1, 0.15) is 22.9 Å². The van der Waals surface area contributed by atoms with Gasteiger partial charge in [-0.15, -0.1) is 10.2 Å². The second kappa shape index (κ2) is 10.2. The molecule has 35 heavy (non-hydrogen) atoms. The molecule has 12 heteroatoms. The van der Waals surface area contributed by atoms with Crippen LogP contribution >= 0.6 is 0 Å². The first-order chi connectivity index (χ1) is 16.2. The summed E-state index contributed by atoms with van der Waals surface area (Å²) in [7, 11) is -2.85. The van der Waals surface area contributed by atoms with Crippen LogP contribution in [0.5, 0.6) is 17.2 Å². The number of benzene rings is 4. The van der Waals surface area contributed by atoms with Gasteiger partial charge in [-0.3, -0.25) is 4.55 Å². The molecule has 0 heterocycles. The molecule has 0 saturated heterocycles. The number of nitrogens with one attached hydrogen (secondary N) is 2. The van der Waals surface area contributed by atoms with Crippen LogP contribution in [-0.2, 0) is 27.2 Å². The number of anilines is 3. The molecule has 185 valence electrons. The Morgan fingerprint density at radius 2 is 1.51 bits per heavy atom. The minimum Gasteiger partial charge on any atom is -0.507 e. The topological polar surface area (TPSA) is 164 Å². The number of hydrogen-bond acceptors (Lipinski definition) is 9. The summed E-state index contributed by atoms with van der Waals surface area (Å²) >= 11 is 0. The molecule has 10 nitrogen and oxygen atoms in total. The van der Waals surface area contributed by atoms with Crippen molar-refractivity contribution >= 4 is 49.3 Å². The minimum atomic E-state index is -4.50. The number of phenols is 3. The van der Waals surface area contributed by atoms with Crippen molar-refractivity contribution in [2.75, 3.05) is 17.7 Å². The van der Waals surface area contributed by atoms with Gasteiger partial charge >= 0.3 is 0 Å². The van der Waals surface area contributed by atoms with Crippen LogP contribution < -0.4 is 10.6 Å². The maximum absolute atomic E-state index is 11.5. The van der Waals surface area contributed by atoms with Crippen LogP contribution in [0.1, 0.15) is 0 Å². The summed E-state index contributed by atoms with van der Waals surface area (Å²) in [5, 5.41) is 46.1. The van der Waals surface area contributed by atoms with Gasteiger partial charge in [0.05, 0.1) is 22.0 Å². The molecule has 0 aliphatic heterocycles. The van der Waals surface area contributed by atoms with Crippen LogP contribution in [0.3, 0.4) is 0 Å². The quantitative estimate of drug-likeness (QED) is 0.0814. The summed E-state index contributed by atoms with van der Waals surface area (Å²) in [6, 6.07) is 16.2. The van der Waals surface area contributed by atoms with Crippen molar-refractivity contribution in [3.63, 3.8) is 0 Å². The fourth-order valence-corrected chi connectivity index (χ4v) is 3.88. The molecule has 4 rings (SSSR count). The second-order valence-corrected chi connectivity index (χ2v) is 8.66. The van der Waals surface area contributed by atoms with Crippen molar-refractivity contribution < 1.29 is 45.4 Å². The Kier molecular flexibility index (Phi) is 7.51. The number of hydrogen-bond donors (Lipinski definition) is 6. The predicted octanol–water partition coefficient (Wildman–Crippen LogP) is 5.40. The van der Waals surface area contributed by atoms with E-state index in [9.17, 15) is 28.3 Å². The molecule has 0 spiro atoms. The van der Waals surface area contributed by atoms with Crippen LogP contribution in [0.2, 0.25) is 0 Å². The Bertz CT molecular complexity index is 1540. The van der Waals surface area contributed by atoms with E-state index in [0.29, 0.717) is 22.1 Å². The Labute approximate surface area is 211 Å². The maximum Gasteiger partial charge on any atom is 0.294 e. The van der Waals surface area contributed by atoms with E-state index in [-0.39, 0.29) is 51.4 Å². The summed E-state index contributed by atoms with van der Waals surface area (Å²) in [4.78, 5) is -0.414. The molecular weight excluding hydrogens is 524 g/mol. The van der Waals surface area contributed by atoms with E-state index in [1.165, 1.54) is 6.07 Å². The summed E-state index contributed by atoms with van der Waals surface area (Å²) in [5.74, 6) is -0.368. The summed E-state index contributed by atoms with van der Waals surface area (Å²) < 4.78 is 32.4. The van der Waals surface area contributed by atoms with Gasteiger partial charge in [-0.05, 0) is 48.5 Å². The molecular formula is C23H20CuN4O6S. The van der Waals surface area contributed by atoms with Crippen molar-refractivity contribution in [1.29, 1.82) is 0 Å². The van der Waals surface area contributed by atoms with Gasteiger partial charge in [0.25, 0.3) is 10.1 Å². The number of azo groups is 1. The number of rotatable bonds is 6. The van der Waals surface area contributed by atoms with Crippen molar-refractivity contribution in [3.8, 4) is 17.2 Å². The van der Waals surface area contributed by atoms with Crippen molar-refractivity contribution in [2.45, 2.75) is 4.90 Å². The van der Waals surface area contributed by atoms with E-state index in [1.807, 2.05) is 0 Å². The molecule has 0 amide bonds. The normalized spacial score (nSPS) is 11.4. The molecule has 6 N–H and O–H groups in total. The largest absolute Gasteiger partial charge is 0.507 e. The zero-order chi connectivity index (χ0) is 24.5. The predicted molar refractivity (Wildman–Crippen MR) is 129 cm³/mol. The Balaban J connectivity index is 0.00000342. The molecule has 0 unspecified atom stereocenters. The summed E-state index contributed by atoms with van der Waals surface area (Å²) in [6.07, 6.45) is 0. The molecule has 0 aliphatic carbocycles. The van der Waals surface area contributed by atoms with Gasteiger partial charge in [0, 0.05) is 34.9 Å². The van der Waals surface area contributed by atoms with Gasteiger partial charge in [-0.1, -0.05) is 18.2 Å². The third-order valence-corrected chi connectivity index (χ3v) is 5.94. The van der Waals surface area contributed by atoms with Crippen LogP contribution in [0, 0.1) is 0 Å². The van der Waals surface area contributed by atoms with E-state index in [0.717, 1.165) is 18.2 Å². The van der Waals surface area contributed by atoms with Crippen molar-refractivity contribution in [2.24, 2.45) is 10.2 Å². The average molecular weight is 544 g/mol. The Morgan fingerprint density at radius 1 is 0.771 bits per heavy atom. The summed E-state index contributed by atoms with van der Waals surface area (Å²) in [6.45, 7) is 0. The van der Waals surface area contributed by atoms with Crippen molar-refractivity contribution in [3.05, 3.63) is 66.7 Å². The number of aromatic hydroxyl groups is 3. The van der Waals surface area contributed by atoms with E-state index in [4.69, 9.17) is 0 Å². The molecule has 4 aromatic carbocycles. The van der Waals surface area contributed by atoms with Crippen LogP contribution in [-0.4, -0.2) is 35.3 Å². The van der Waals surface area contributed by atoms with E-state index >= 15 is 0 Å². The first-order valence-electron chi connectivity index (χ1n) is 9.92. The van der Waals surface area contributed by atoms with Gasteiger partial charge < -0.3 is 26.0 Å². The maximum atomic E-state index is 11.5. The van der Waals surface area contributed by atoms with Gasteiger partial charge in [0.2, 0.25) is 0 Å². The number of para-hydroxylation sites is 1. The molecule has 0 aromatic heterocycles. The zero-order valence-corrected chi connectivity index (χ0v) is 19.8. The average Bonchev–Trinajstić information content (AvgIpc) is 2.80. The van der Waals surface area contributed by atoms with Gasteiger partial charge in [0.15, 0.2) is 5.75 Å². The molecule has 1 radical (unpaired) electrons. The third-order valence-electron chi connectivity index (χ3n) is 5.09. The molecule has 0 aliphatic rings. The first-order valence-corrected chi connectivity index (χ1v) is 11.4. The standard InChI is InChI=1S/C23H20N4O6S.Cu/c1-24-17-5-3-6-18(23(17)30)26-27-22-15-4-2-7-20(28)14(15)9-10-16(22)25-19-12-13(34(31,32)33)8-11-21(19)29;/h2-12,24-25,28-30H,1H3,(H,31,32,33);. The SMILES string of the molecule is CNc1cccc(N=Nc2c(Nc3cc(S(=O)(=O)O)ccc3O)ccc3c(O)cccc23)c1O.[Cu]. The second-order valence-electron chi connectivity index (χ2n) is 7.24. The minimum absolute atomic E-state index is 0. The third kappa shape index (κ3) is 5.31. The number of phenolic OH excluding ortho intramolecular Hbond substituents is 3. The number of fused-ring (bicyclic) bond motifs is 1.